The number of anilines is 1. The van der Waals surface area contributed by atoms with Crippen molar-refractivity contribution < 1.29 is 9.53 Å². The van der Waals surface area contributed by atoms with Gasteiger partial charge in [0.05, 0.1) is 6.10 Å². The van der Waals surface area contributed by atoms with Gasteiger partial charge in [0, 0.05) is 25.3 Å². The number of hydrogen-bond acceptors (Lipinski definition) is 3. The average molecular weight is 377 g/mol. The SMILES string of the molecule is CCCCCCCCC(OC)C(CC(=O)Nc1ccccc1)N(CC)CC. The van der Waals surface area contributed by atoms with Crippen LogP contribution in [0, 0.1) is 0 Å². The Morgan fingerprint density at radius 3 is 2.22 bits per heavy atom. The number of para-hydroxylation sites is 1. The molecule has 1 amide bonds. The summed E-state index contributed by atoms with van der Waals surface area (Å²) in [5.41, 5.74) is 0.852. The summed E-state index contributed by atoms with van der Waals surface area (Å²) in [6.45, 7) is 8.41. The van der Waals surface area contributed by atoms with Crippen molar-refractivity contribution in [3.8, 4) is 0 Å². The smallest absolute Gasteiger partial charge is 0.226 e. The van der Waals surface area contributed by atoms with Crippen LogP contribution in [0.1, 0.15) is 72.1 Å². The molecular formula is C23H40N2O2. The summed E-state index contributed by atoms with van der Waals surface area (Å²) in [6.07, 6.45) is 9.23. The molecule has 0 spiro atoms. The van der Waals surface area contributed by atoms with E-state index in [2.05, 4.69) is 31.0 Å². The second kappa shape index (κ2) is 14.6. The molecule has 1 aromatic carbocycles. The first-order valence-corrected chi connectivity index (χ1v) is 10.8. The highest BCUT2D eigenvalue weighted by atomic mass is 16.5. The van der Waals surface area contributed by atoms with E-state index in [4.69, 9.17) is 4.74 Å². The Kier molecular flexibility index (Phi) is 12.8. The Labute approximate surface area is 166 Å². The number of ether oxygens (including phenoxy) is 1. The number of likely N-dealkylation sites (N-methyl/N-ethyl adjacent to an activating group) is 1. The van der Waals surface area contributed by atoms with Gasteiger partial charge in [-0.1, -0.05) is 77.5 Å². The van der Waals surface area contributed by atoms with Gasteiger partial charge in [-0.05, 0) is 31.6 Å². The molecule has 4 nitrogen and oxygen atoms in total. The Bertz CT molecular complexity index is 488. The van der Waals surface area contributed by atoms with Gasteiger partial charge in [-0.25, -0.2) is 0 Å². The fourth-order valence-electron chi connectivity index (χ4n) is 3.70. The highest BCUT2D eigenvalue weighted by Gasteiger charge is 2.28. The maximum absolute atomic E-state index is 12.6. The van der Waals surface area contributed by atoms with Gasteiger partial charge in [0.1, 0.15) is 0 Å². The zero-order chi connectivity index (χ0) is 19.9. The molecular weight excluding hydrogens is 336 g/mol. The molecule has 1 N–H and O–H groups in total. The molecule has 4 heteroatoms. The Morgan fingerprint density at radius 1 is 1.00 bits per heavy atom. The van der Waals surface area contributed by atoms with E-state index in [9.17, 15) is 4.79 Å². The number of carbonyl (C=O) groups excluding carboxylic acids is 1. The topological polar surface area (TPSA) is 41.6 Å². The number of unbranched alkanes of at least 4 members (excludes halogenated alkanes) is 5. The molecule has 2 unspecified atom stereocenters. The number of methoxy groups -OCH3 is 1. The van der Waals surface area contributed by atoms with Crippen LogP contribution in [0.2, 0.25) is 0 Å². The lowest BCUT2D eigenvalue weighted by molar-refractivity contribution is -0.119. The van der Waals surface area contributed by atoms with E-state index in [0.29, 0.717) is 6.42 Å². The summed E-state index contributed by atoms with van der Waals surface area (Å²) in [4.78, 5) is 15.0. The molecule has 0 heterocycles. The van der Waals surface area contributed by atoms with Crippen LogP contribution in [-0.4, -0.2) is 43.2 Å². The van der Waals surface area contributed by atoms with E-state index < -0.39 is 0 Å². The van der Waals surface area contributed by atoms with E-state index in [-0.39, 0.29) is 18.1 Å². The molecule has 0 bridgehead atoms. The molecule has 1 aromatic rings. The molecule has 0 aliphatic heterocycles. The molecule has 1 rings (SSSR count). The van der Waals surface area contributed by atoms with E-state index in [0.717, 1.165) is 25.2 Å². The van der Waals surface area contributed by atoms with Crippen LogP contribution in [0.15, 0.2) is 30.3 Å². The molecule has 0 aromatic heterocycles. The summed E-state index contributed by atoms with van der Waals surface area (Å²) in [7, 11) is 1.79. The van der Waals surface area contributed by atoms with Gasteiger partial charge >= 0.3 is 0 Å². The number of rotatable bonds is 15. The van der Waals surface area contributed by atoms with E-state index in [1.807, 2.05) is 30.3 Å². The van der Waals surface area contributed by atoms with Crippen molar-refractivity contribution in [1.82, 2.24) is 4.90 Å². The van der Waals surface area contributed by atoms with E-state index in [1.165, 1.54) is 38.5 Å². The summed E-state index contributed by atoms with van der Waals surface area (Å²) in [5, 5.41) is 3.02. The monoisotopic (exact) mass is 376 g/mol. The predicted molar refractivity (Wildman–Crippen MR) is 115 cm³/mol. The lowest BCUT2D eigenvalue weighted by Crippen LogP contribution is -2.46. The summed E-state index contributed by atoms with van der Waals surface area (Å²) in [6, 6.07) is 9.80. The van der Waals surface area contributed by atoms with Crippen LogP contribution >= 0.6 is 0 Å². The number of benzene rings is 1. The van der Waals surface area contributed by atoms with Gasteiger partial charge in [-0.15, -0.1) is 0 Å². The van der Waals surface area contributed by atoms with Crippen molar-refractivity contribution in [1.29, 1.82) is 0 Å². The molecule has 154 valence electrons. The predicted octanol–water partition coefficient (Wildman–Crippen LogP) is 5.49. The van der Waals surface area contributed by atoms with Gasteiger partial charge < -0.3 is 10.1 Å². The minimum Gasteiger partial charge on any atom is -0.380 e. The molecule has 0 aliphatic carbocycles. The fourth-order valence-corrected chi connectivity index (χ4v) is 3.70. The van der Waals surface area contributed by atoms with Crippen molar-refractivity contribution in [3.63, 3.8) is 0 Å². The molecule has 0 saturated heterocycles. The highest BCUT2D eigenvalue weighted by Crippen LogP contribution is 2.19. The maximum atomic E-state index is 12.6. The van der Waals surface area contributed by atoms with Gasteiger partial charge in [-0.2, -0.15) is 0 Å². The lowest BCUT2D eigenvalue weighted by atomic mass is 9.98. The van der Waals surface area contributed by atoms with Gasteiger partial charge in [-0.3, -0.25) is 9.69 Å². The minimum absolute atomic E-state index is 0.0584. The van der Waals surface area contributed by atoms with Crippen LogP contribution < -0.4 is 5.32 Å². The number of hydrogen-bond donors (Lipinski definition) is 1. The average Bonchev–Trinajstić information content (AvgIpc) is 2.68. The fraction of sp³-hybridized carbons (Fsp3) is 0.696. The van der Waals surface area contributed by atoms with Crippen molar-refractivity contribution >= 4 is 11.6 Å². The normalized spacial score (nSPS) is 13.5. The first kappa shape index (κ1) is 23.6. The number of nitrogens with one attached hydrogen (secondary N) is 1. The largest absolute Gasteiger partial charge is 0.380 e. The Morgan fingerprint density at radius 2 is 1.63 bits per heavy atom. The quantitative estimate of drug-likeness (QED) is 0.411. The Hall–Kier alpha value is -1.39. The van der Waals surface area contributed by atoms with Crippen LogP contribution in [0.25, 0.3) is 0 Å². The first-order valence-electron chi connectivity index (χ1n) is 10.8. The first-order chi connectivity index (χ1) is 13.2. The summed E-state index contributed by atoms with van der Waals surface area (Å²) < 4.78 is 5.85. The van der Waals surface area contributed by atoms with Crippen molar-refractivity contribution in [2.45, 2.75) is 84.3 Å². The minimum atomic E-state index is 0.0584. The zero-order valence-corrected chi connectivity index (χ0v) is 17.9. The standard InChI is InChI=1S/C23H40N2O2/c1-5-8-9-10-11-15-18-22(27-4)21(25(6-2)7-3)19-23(26)24-20-16-13-12-14-17-20/h12-14,16-17,21-22H,5-11,15,18-19H2,1-4H3,(H,24,26). The third kappa shape index (κ3) is 9.39. The second-order valence-electron chi connectivity index (χ2n) is 7.24. The van der Waals surface area contributed by atoms with Gasteiger partial charge in [0.15, 0.2) is 0 Å². The molecule has 0 fully saturated rings. The lowest BCUT2D eigenvalue weighted by Gasteiger charge is -2.35. The van der Waals surface area contributed by atoms with Gasteiger partial charge in [0.2, 0.25) is 5.91 Å². The molecule has 0 radical (unpaired) electrons. The maximum Gasteiger partial charge on any atom is 0.226 e. The van der Waals surface area contributed by atoms with Crippen molar-refractivity contribution in [2.75, 3.05) is 25.5 Å². The van der Waals surface area contributed by atoms with Crippen LogP contribution in [0.5, 0.6) is 0 Å². The van der Waals surface area contributed by atoms with E-state index >= 15 is 0 Å². The molecule has 0 saturated carbocycles. The number of nitrogens with zero attached hydrogens (tertiary/aromatic N) is 1. The Balaban J connectivity index is 2.62. The zero-order valence-electron chi connectivity index (χ0n) is 17.9. The number of carbonyl (C=O) groups is 1. The molecule has 27 heavy (non-hydrogen) atoms. The van der Waals surface area contributed by atoms with Crippen LogP contribution in [0.4, 0.5) is 5.69 Å². The highest BCUT2D eigenvalue weighted by molar-refractivity contribution is 5.91. The van der Waals surface area contributed by atoms with Crippen LogP contribution in [-0.2, 0) is 9.53 Å². The molecule has 2 atom stereocenters. The van der Waals surface area contributed by atoms with Crippen molar-refractivity contribution in [3.05, 3.63) is 30.3 Å². The summed E-state index contributed by atoms with van der Waals surface area (Å²) >= 11 is 0. The second-order valence-corrected chi connectivity index (χ2v) is 7.24. The van der Waals surface area contributed by atoms with Gasteiger partial charge in [0.25, 0.3) is 0 Å². The molecule has 0 aliphatic rings. The summed E-state index contributed by atoms with van der Waals surface area (Å²) in [5.74, 6) is 0.0584. The van der Waals surface area contributed by atoms with Crippen LogP contribution in [0.3, 0.4) is 0 Å². The van der Waals surface area contributed by atoms with E-state index in [1.54, 1.807) is 7.11 Å². The third-order valence-electron chi connectivity index (χ3n) is 5.31. The van der Waals surface area contributed by atoms with Crippen molar-refractivity contribution in [2.24, 2.45) is 0 Å². The third-order valence-corrected chi connectivity index (χ3v) is 5.31. The number of amides is 1.